The number of carbonyl (C=O) groups is 1. The molecular weight excluding hydrogens is 567 g/mol. The zero-order chi connectivity index (χ0) is 32.9. The van der Waals surface area contributed by atoms with E-state index in [-0.39, 0.29) is 5.97 Å². The smallest absolute Gasteiger partial charge is 0.313 e. The van der Waals surface area contributed by atoms with Crippen molar-refractivity contribution in [1.29, 1.82) is 0 Å². The molecule has 0 aliphatic carbocycles. The number of carbonyl (C=O) groups excluding carboxylic acids is 1. The summed E-state index contributed by atoms with van der Waals surface area (Å²) in [5, 5.41) is 0. The average Bonchev–Trinajstić information content (AvgIpc) is 3.04. The summed E-state index contributed by atoms with van der Waals surface area (Å²) < 4.78 is 6.71. The third-order valence-electron chi connectivity index (χ3n) is 10.0. The van der Waals surface area contributed by atoms with E-state index in [0.717, 1.165) is 6.42 Å². The van der Waals surface area contributed by atoms with Crippen molar-refractivity contribution in [3.05, 3.63) is 0 Å². The van der Waals surface area contributed by atoms with Gasteiger partial charge in [-0.3, -0.25) is 0 Å². The van der Waals surface area contributed by atoms with Crippen LogP contribution in [-0.4, -0.2) is 24.5 Å². The maximum atomic E-state index is 13.3. The Hall–Kier alpha value is -0.100. The van der Waals surface area contributed by atoms with Gasteiger partial charge in [-0.05, 0) is 44.9 Å². The first-order chi connectivity index (χ1) is 22.1. The topological polar surface area (TPSA) is 26.3 Å². The summed E-state index contributed by atoms with van der Waals surface area (Å²) in [5.74, 6) is 0.154. The predicted molar refractivity (Wildman–Crippen MR) is 207 cm³/mol. The van der Waals surface area contributed by atoms with Crippen LogP contribution >= 0.6 is 7.49 Å². The van der Waals surface area contributed by atoms with E-state index in [1.54, 1.807) is 0 Å². The molecule has 0 N–H and O–H groups in total. The van der Waals surface area contributed by atoms with Gasteiger partial charge in [-0.2, -0.15) is 0 Å². The average molecular weight is 654 g/mol. The van der Waals surface area contributed by atoms with E-state index in [9.17, 15) is 4.79 Å². The highest BCUT2D eigenvalue weighted by Crippen LogP contribution is 2.62. The van der Waals surface area contributed by atoms with Gasteiger partial charge >= 0.3 is 5.97 Å². The minimum absolute atomic E-state index is 0.154. The second-order valence-corrected chi connectivity index (χ2v) is 18.3. The lowest BCUT2D eigenvalue weighted by molar-refractivity contribution is -0.134. The van der Waals surface area contributed by atoms with Crippen LogP contribution in [0, 0.1) is 0 Å². The molecule has 0 radical (unpaired) electrons. The minimum atomic E-state index is -1.66. The van der Waals surface area contributed by atoms with Crippen LogP contribution in [0.15, 0.2) is 0 Å². The quantitative estimate of drug-likeness (QED) is 0.0489. The second-order valence-electron chi connectivity index (χ2n) is 14.7. The molecule has 0 spiro atoms. The van der Waals surface area contributed by atoms with Crippen LogP contribution in [0.3, 0.4) is 0 Å². The number of rotatable bonds is 38. The fourth-order valence-electron chi connectivity index (χ4n) is 6.92. The third-order valence-corrected chi connectivity index (χ3v) is 14.0. The standard InChI is InChI=1S/C42H86O2P/c1-5-9-13-17-21-22-23-24-25-26-27-28-29-30-34-38-42(43)44-45(39-35-31-18-14-10-6-2,40-36-32-19-15-11-7-3)41-37-33-20-16-12-8-4/h5-41H2,1-4H3/q+1. The van der Waals surface area contributed by atoms with Crippen molar-refractivity contribution in [3.63, 3.8) is 0 Å². The van der Waals surface area contributed by atoms with E-state index in [1.165, 1.54) is 224 Å². The Bertz CT molecular complexity index is 536. The summed E-state index contributed by atoms with van der Waals surface area (Å²) in [7, 11) is -1.66. The second kappa shape index (κ2) is 36.7. The molecular formula is C42H86O2P+. The lowest BCUT2D eigenvalue weighted by Gasteiger charge is -2.26. The molecule has 0 amide bonds. The first kappa shape index (κ1) is 44.9. The normalized spacial score (nSPS) is 11.8. The van der Waals surface area contributed by atoms with Gasteiger partial charge in [0.25, 0.3) is 0 Å². The van der Waals surface area contributed by atoms with E-state index < -0.39 is 7.49 Å². The molecule has 0 fully saturated rings. The summed E-state index contributed by atoms with van der Waals surface area (Å²) >= 11 is 0. The Morgan fingerprint density at radius 2 is 0.556 bits per heavy atom. The largest absolute Gasteiger partial charge is 0.349 e. The maximum Gasteiger partial charge on any atom is 0.349 e. The molecule has 0 aromatic rings. The molecule has 0 aliphatic heterocycles. The van der Waals surface area contributed by atoms with Crippen molar-refractivity contribution >= 4 is 13.5 Å². The summed E-state index contributed by atoms with van der Waals surface area (Å²) in [5.41, 5.74) is 0. The van der Waals surface area contributed by atoms with Crippen LogP contribution in [0.1, 0.15) is 246 Å². The number of unbranched alkanes of at least 4 members (excludes halogenated alkanes) is 29. The van der Waals surface area contributed by atoms with E-state index in [0.29, 0.717) is 6.42 Å². The Balaban J connectivity index is 4.58. The molecule has 0 heterocycles. The molecule has 0 unspecified atom stereocenters. The molecule has 0 saturated carbocycles. The van der Waals surface area contributed by atoms with Gasteiger partial charge in [0, 0.05) is 0 Å². The van der Waals surface area contributed by atoms with E-state index in [4.69, 9.17) is 4.52 Å². The third kappa shape index (κ3) is 32.2. The van der Waals surface area contributed by atoms with Crippen molar-refractivity contribution < 1.29 is 9.32 Å². The maximum absolute atomic E-state index is 13.3. The van der Waals surface area contributed by atoms with Crippen LogP contribution in [0.25, 0.3) is 0 Å². The number of hydrogen-bond acceptors (Lipinski definition) is 2. The van der Waals surface area contributed by atoms with Crippen molar-refractivity contribution in [2.24, 2.45) is 0 Å². The molecule has 0 saturated heterocycles. The molecule has 0 atom stereocenters. The van der Waals surface area contributed by atoms with E-state index in [1.807, 2.05) is 0 Å². The first-order valence-corrected chi connectivity index (χ1v) is 23.5. The molecule has 3 heteroatoms. The van der Waals surface area contributed by atoms with Crippen LogP contribution in [-0.2, 0) is 9.32 Å². The van der Waals surface area contributed by atoms with Gasteiger partial charge in [-0.1, -0.05) is 195 Å². The van der Waals surface area contributed by atoms with Gasteiger partial charge in [-0.25, -0.2) is 4.79 Å². The highest BCUT2D eigenvalue weighted by Gasteiger charge is 2.41. The zero-order valence-electron chi connectivity index (χ0n) is 31.9. The van der Waals surface area contributed by atoms with Gasteiger partial charge in [-0.15, -0.1) is 0 Å². The Morgan fingerprint density at radius 1 is 0.333 bits per heavy atom. The van der Waals surface area contributed by atoms with Gasteiger partial charge in [0.15, 0.2) is 7.49 Å². The fraction of sp³-hybridized carbons (Fsp3) is 0.976. The molecule has 0 rings (SSSR count). The molecule has 0 aliphatic rings. The van der Waals surface area contributed by atoms with Crippen molar-refractivity contribution in [1.82, 2.24) is 0 Å². The van der Waals surface area contributed by atoms with E-state index in [2.05, 4.69) is 27.7 Å². The molecule has 0 aromatic heterocycles. The highest BCUT2D eigenvalue weighted by molar-refractivity contribution is 7.71. The van der Waals surface area contributed by atoms with Gasteiger partial charge in [0.1, 0.15) is 0 Å². The Kier molecular flexibility index (Phi) is 36.6. The van der Waals surface area contributed by atoms with Crippen LogP contribution in [0.4, 0.5) is 0 Å². The van der Waals surface area contributed by atoms with Crippen LogP contribution in [0.5, 0.6) is 0 Å². The van der Waals surface area contributed by atoms with Crippen LogP contribution in [0.2, 0.25) is 0 Å². The number of hydrogen-bond donors (Lipinski definition) is 0. The van der Waals surface area contributed by atoms with Gasteiger partial charge < -0.3 is 4.52 Å². The van der Waals surface area contributed by atoms with Crippen molar-refractivity contribution in [2.45, 2.75) is 246 Å². The zero-order valence-corrected chi connectivity index (χ0v) is 32.8. The van der Waals surface area contributed by atoms with Gasteiger partial charge in [0.05, 0.1) is 24.9 Å². The fourth-order valence-corrected chi connectivity index (χ4v) is 10.8. The first-order valence-electron chi connectivity index (χ1n) is 21.2. The molecule has 0 aromatic carbocycles. The predicted octanol–water partition coefficient (Wildman–Crippen LogP) is 15.8. The molecule has 45 heavy (non-hydrogen) atoms. The van der Waals surface area contributed by atoms with Gasteiger partial charge in [0.2, 0.25) is 0 Å². The lowest BCUT2D eigenvalue weighted by Crippen LogP contribution is -2.17. The van der Waals surface area contributed by atoms with Crippen molar-refractivity contribution in [2.75, 3.05) is 18.5 Å². The molecule has 270 valence electrons. The summed E-state index contributed by atoms with van der Waals surface area (Å²) in [4.78, 5) is 13.3. The SMILES string of the molecule is CCCCCCCCCCCCCCCCCC(=O)O[P+](CCCCCCCC)(CCCCCCCC)CCCCCCCC. The van der Waals surface area contributed by atoms with E-state index >= 15 is 0 Å². The summed E-state index contributed by atoms with van der Waals surface area (Å²) in [6.07, 6.45) is 48.7. The minimum Gasteiger partial charge on any atom is -0.313 e. The molecule has 0 bridgehead atoms. The Morgan fingerprint density at radius 3 is 0.822 bits per heavy atom. The summed E-state index contributed by atoms with van der Waals surface area (Å²) in [6, 6.07) is 0. The monoisotopic (exact) mass is 654 g/mol. The Labute approximate surface area is 286 Å². The van der Waals surface area contributed by atoms with Crippen LogP contribution < -0.4 is 0 Å². The van der Waals surface area contributed by atoms with Crippen molar-refractivity contribution in [3.8, 4) is 0 Å². The highest BCUT2D eigenvalue weighted by atomic mass is 31.2. The molecule has 2 nitrogen and oxygen atoms in total. The summed E-state index contributed by atoms with van der Waals surface area (Å²) in [6.45, 7) is 9.20. The lowest BCUT2D eigenvalue weighted by atomic mass is 10.0.